The first-order valence-electron chi connectivity index (χ1n) is 6.62. The number of nitrogen functional groups attached to an aromatic ring is 1. The molecule has 1 aromatic carbocycles. The minimum absolute atomic E-state index is 0.175. The summed E-state index contributed by atoms with van der Waals surface area (Å²) in [6, 6.07) is 5.01. The molecule has 0 fully saturated rings. The van der Waals surface area contributed by atoms with Crippen LogP contribution in [0.3, 0.4) is 0 Å². The first kappa shape index (κ1) is 14.5. The molecule has 5 nitrogen and oxygen atoms in total. The standard InChI is InChI=1S/C15H21N3O2/c1-15(2,8-17(3)4)9-18-13(19)10-6-5-7-11(16)12(10)14(18)20/h5-7H,8-9,16H2,1-4H3. The van der Waals surface area contributed by atoms with Crippen LogP contribution in [0, 0.1) is 5.41 Å². The quantitative estimate of drug-likeness (QED) is 0.667. The number of hydrogen-bond donors (Lipinski definition) is 1. The summed E-state index contributed by atoms with van der Waals surface area (Å²) in [7, 11) is 3.95. The molecule has 1 aliphatic heterocycles. The zero-order chi connectivity index (χ0) is 15.1. The average molecular weight is 275 g/mol. The molecule has 0 saturated heterocycles. The van der Waals surface area contributed by atoms with Gasteiger partial charge in [0.05, 0.1) is 11.1 Å². The fourth-order valence-electron chi connectivity index (χ4n) is 2.84. The van der Waals surface area contributed by atoms with Gasteiger partial charge >= 0.3 is 0 Å². The van der Waals surface area contributed by atoms with E-state index in [-0.39, 0.29) is 17.2 Å². The minimum Gasteiger partial charge on any atom is -0.398 e. The molecule has 0 aliphatic carbocycles. The van der Waals surface area contributed by atoms with Gasteiger partial charge in [-0.3, -0.25) is 14.5 Å². The summed E-state index contributed by atoms with van der Waals surface area (Å²) >= 11 is 0. The van der Waals surface area contributed by atoms with E-state index in [1.54, 1.807) is 18.2 Å². The summed E-state index contributed by atoms with van der Waals surface area (Å²) in [6.45, 7) is 5.26. The van der Waals surface area contributed by atoms with Crippen molar-refractivity contribution in [3.05, 3.63) is 29.3 Å². The molecular weight excluding hydrogens is 254 g/mol. The van der Waals surface area contributed by atoms with Gasteiger partial charge < -0.3 is 10.6 Å². The van der Waals surface area contributed by atoms with E-state index in [1.807, 2.05) is 32.8 Å². The molecule has 1 heterocycles. The first-order valence-corrected chi connectivity index (χ1v) is 6.62. The Morgan fingerprint density at radius 2 is 1.85 bits per heavy atom. The molecule has 0 unspecified atom stereocenters. The Kier molecular flexibility index (Phi) is 3.56. The topological polar surface area (TPSA) is 66.6 Å². The van der Waals surface area contributed by atoms with Crippen LogP contribution in [0.2, 0.25) is 0 Å². The summed E-state index contributed by atoms with van der Waals surface area (Å²) in [5.41, 5.74) is 6.78. The van der Waals surface area contributed by atoms with Gasteiger partial charge in [-0.1, -0.05) is 19.9 Å². The predicted molar refractivity (Wildman–Crippen MR) is 78.6 cm³/mol. The number of fused-ring (bicyclic) bond motifs is 1. The van der Waals surface area contributed by atoms with Crippen LogP contribution in [-0.4, -0.2) is 48.8 Å². The largest absolute Gasteiger partial charge is 0.398 e. The molecule has 2 N–H and O–H groups in total. The molecule has 0 aromatic heterocycles. The van der Waals surface area contributed by atoms with Gasteiger partial charge in [-0.15, -0.1) is 0 Å². The van der Waals surface area contributed by atoms with Crippen molar-refractivity contribution in [1.29, 1.82) is 0 Å². The normalized spacial score (nSPS) is 15.2. The van der Waals surface area contributed by atoms with Crippen molar-refractivity contribution < 1.29 is 9.59 Å². The minimum atomic E-state index is -0.282. The lowest BCUT2D eigenvalue weighted by atomic mass is 9.92. The van der Waals surface area contributed by atoms with Crippen LogP contribution in [0.25, 0.3) is 0 Å². The lowest BCUT2D eigenvalue weighted by Gasteiger charge is -2.31. The first-order chi connectivity index (χ1) is 9.23. The van der Waals surface area contributed by atoms with Crippen molar-refractivity contribution in [3.63, 3.8) is 0 Å². The summed E-state index contributed by atoms with van der Waals surface area (Å²) < 4.78 is 0. The molecule has 5 heteroatoms. The highest BCUT2D eigenvalue weighted by atomic mass is 16.2. The highest BCUT2D eigenvalue weighted by Gasteiger charge is 2.39. The van der Waals surface area contributed by atoms with Crippen molar-refractivity contribution in [2.75, 3.05) is 32.9 Å². The lowest BCUT2D eigenvalue weighted by Crippen LogP contribution is -2.42. The SMILES string of the molecule is CN(C)CC(C)(C)CN1C(=O)c2cccc(N)c2C1=O. The average Bonchev–Trinajstić information content (AvgIpc) is 2.53. The van der Waals surface area contributed by atoms with Gasteiger partial charge in [0.1, 0.15) is 0 Å². The number of hydrogen-bond acceptors (Lipinski definition) is 4. The fraction of sp³-hybridized carbons (Fsp3) is 0.467. The van der Waals surface area contributed by atoms with Crippen LogP contribution < -0.4 is 5.73 Å². The highest BCUT2D eigenvalue weighted by Crippen LogP contribution is 2.30. The second-order valence-corrected chi connectivity index (χ2v) is 6.37. The maximum absolute atomic E-state index is 12.4. The molecule has 1 aliphatic rings. The summed E-state index contributed by atoms with van der Waals surface area (Å²) in [6.07, 6.45) is 0. The Labute approximate surface area is 119 Å². The third-order valence-electron chi connectivity index (χ3n) is 3.36. The molecule has 20 heavy (non-hydrogen) atoms. The van der Waals surface area contributed by atoms with Gasteiger partial charge in [0.2, 0.25) is 0 Å². The number of carbonyl (C=O) groups is 2. The second-order valence-electron chi connectivity index (χ2n) is 6.37. The Morgan fingerprint density at radius 3 is 2.40 bits per heavy atom. The number of carbonyl (C=O) groups excluding carboxylic acids is 2. The molecule has 0 radical (unpaired) electrons. The number of nitrogens with two attached hydrogens (primary N) is 1. The van der Waals surface area contributed by atoms with E-state index in [0.717, 1.165) is 6.54 Å². The van der Waals surface area contributed by atoms with E-state index >= 15 is 0 Å². The van der Waals surface area contributed by atoms with Crippen molar-refractivity contribution in [2.45, 2.75) is 13.8 Å². The monoisotopic (exact) mass is 275 g/mol. The third-order valence-corrected chi connectivity index (χ3v) is 3.36. The van der Waals surface area contributed by atoms with E-state index in [0.29, 0.717) is 23.4 Å². The van der Waals surface area contributed by atoms with E-state index < -0.39 is 0 Å². The van der Waals surface area contributed by atoms with Gasteiger partial charge in [-0.2, -0.15) is 0 Å². The van der Waals surface area contributed by atoms with Crippen LogP contribution in [0.1, 0.15) is 34.6 Å². The molecule has 0 saturated carbocycles. The van der Waals surface area contributed by atoms with Gasteiger partial charge in [0.25, 0.3) is 11.8 Å². The smallest absolute Gasteiger partial charge is 0.263 e. The third kappa shape index (κ3) is 2.54. The van der Waals surface area contributed by atoms with Gasteiger partial charge in [0, 0.05) is 18.8 Å². The molecule has 2 rings (SSSR count). The number of benzene rings is 1. The van der Waals surface area contributed by atoms with Crippen LogP contribution in [0.4, 0.5) is 5.69 Å². The summed E-state index contributed by atoms with van der Waals surface area (Å²) in [4.78, 5) is 28.1. The number of nitrogens with zero attached hydrogens (tertiary/aromatic N) is 2. The lowest BCUT2D eigenvalue weighted by molar-refractivity contribution is 0.0570. The van der Waals surface area contributed by atoms with Crippen LogP contribution in [0.5, 0.6) is 0 Å². The van der Waals surface area contributed by atoms with E-state index in [2.05, 4.69) is 0 Å². The maximum Gasteiger partial charge on any atom is 0.263 e. The molecule has 0 spiro atoms. The number of rotatable bonds is 4. The fourth-order valence-corrected chi connectivity index (χ4v) is 2.84. The Hall–Kier alpha value is -1.88. The molecule has 1 aromatic rings. The summed E-state index contributed by atoms with van der Waals surface area (Å²) in [5, 5.41) is 0. The Bertz CT molecular complexity index is 564. The molecule has 0 bridgehead atoms. The predicted octanol–water partition coefficient (Wildman–Crippen LogP) is 1.45. The Balaban J connectivity index is 2.27. The molecule has 2 amide bonds. The van der Waals surface area contributed by atoms with Crippen molar-refractivity contribution in [1.82, 2.24) is 9.80 Å². The molecule has 0 atom stereocenters. The second kappa shape index (κ2) is 4.90. The summed E-state index contributed by atoms with van der Waals surface area (Å²) in [5.74, 6) is -0.529. The maximum atomic E-state index is 12.4. The van der Waals surface area contributed by atoms with Gasteiger partial charge in [-0.25, -0.2) is 0 Å². The highest BCUT2D eigenvalue weighted by molar-refractivity contribution is 6.23. The van der Waals surface area contributed by atoms with Crippen molar-refractivity contribution in [3.8, 4) is 0 Å². The van der Waals surface area contributed by atoms with E-state index in [1.165, 1.54) is 4.90 Å². The number of amides is 2. The van der Waals surface area contributed by atoms with Crippen molar-refractivity contribution in [2.24, 2.45) is 5.41 Å². The molecular formula is C15H21N3O2. The zero-order valence-electron chi connectivity index (χ0n) is 12.4. The molecule has 108 valence electrons. The van der Waals surface area contributed by atoms with Crippen molar-refractivity contribution >= 4 is 17.5 Å². The Morgan fingerprint density at radius 1 is 1.20 bits per heavy atom. The van der Waals surface area contributed by atoms with Crippen LogP contribution >= 0.6 is 0 Å². The number of anilines is 1. The number of imide groups is 1. The van der Waals surface area contributed by atoms with Gasteiger partial charge in [-0.05, 0) is 31.6 Å². The van der Waals surface area contributed by atoms with E-state index in [9.17, 15) is 9.59 Å². The van der Waals surface area contributed by atoms with Crippen LogP contribution in [0.15, 0.2) is 18.2 Å². The van der Waals surface area contributed by atoms with Crippen LogP contribution in [-0.2, 0) is 0 Å². The zero-order valence-corrected chi connectivity index (χ0v) is 12.4. The van der Waals surface area contributed by atoms with E-state index in [4.69, 9.17) is 5.73 Å². The van der Waals surface area contributed by atoms with Gasteiger partial charge in [0.15, 0.2) is 0 Å².